The molecule has 0 atom stereocenters. The number of nitrogens with two attached hydrogens (primary N) is 1. The number of hydrogen-bond donors (Lipinski definition) is 2. The number of nitrogen functional groups attached to an aromatic ring is 1. The van der Waals surface area contributed by atoms with Gasteiger partial charge in [0.25, 0.3) is 0 Å². The van der Waals surface area contributed by atoms with Crippen LogP contribution in [0.5, 0.6) is 0 Å². The lowest BCUT2D eigenvalue weighted by molar-refractivity contribution is -0.00682. The van der Waals surface area contributed by atoms with Crippen LogP contribution < -0.4 is 10.6 Å². The van der Waals surface area contributed by atoms with Gasteiger partial charge in [0.1, 0.15) is 11.5 Å². The molecule has 2 heterocycles. The zero-order valence-corrected chi connectivity index (χ0v) is 17.2. The van der Waals surface area contributed by atoms with Crippen LogP contribution in [0.15, 0.2) is 24.4 Å². The van der Waals surface area contributed by atoms with Gasteiger partial charge in [0.2, 0.25) is 5.92 Å². The number of piperidine rings is 1. The molecule has 0 unspecified atom stereocenters. The van der Waals surface area contributed by atoms with Gasteiger partial charge < -0.3 is 10.6 Å². The third-order valence-corrected chi connectivity index (χ3v) is 6.87. The molecule has 1 aliphatic carbocycles. The van der Waals surface area contributed by atoms with Crippen molar-refractivity contribution >= 4 is 40.5 Å². The predicted molar refractivity (Wildman–Crippen MR) is 112 cm³/mol. The molecular formula is C20H21Cl2F2N5. The van der Waals surface area contributed by atoms with Crippen LogP contribution in [0, 0.1) is 10.8 Å². The van der Waals surface area contributed by atoms with Gasteiger partial charge in [-0.3, -0.25) is 5.41 Å². The van der Waals surface area contributed by atoms with E-state index >= 15 is 0 Å². The van der Waals surface area contributed by atoms with Crippen molar-refractivity contribution in [1.29, 1.82) is 5.41 Å². The van der Waals surface area contributed by atoms with Gasteiger partial charge in [0, 0.05) is 31.5 Å². The fourth-order valence-electron chi connectivity index (χ4n) is 4.37. The van der Waals surface area contributed by atoms with Crippen molar-refractivity contribution in [2.24, 2.45) is 5.41 Å². The van der Waals surface area contributed by atoms with Crippen molar-refractivity contribution in [2.45, 2.75) is 38.0 Å². The van der Waals surface area contributed by atoms with Gasteiger partial charge in [-0.15, -0.1) is 0 Å². The van der Waals surface area contributed by atoms with Crippen LogP contribution in [0.25, 0.3) is 0 Å². The van der Waals surface area contributed by atoms with Crippen LogP contribution in [0.3, 0.4) is 0 Å². The maximum absolute atomic E-state index is 13.7. The molecule has 0 radical (unpaired) electrons. The average molecular weight is 440 g/mol. The summed E-state index contributed by atoms with van der Waals surface area (Å²) in [5.41, 5.74) is 6.52. The smallest absolute Gasteiger partial charge is 0.248 e. The normalized spacial score (nSPS) is 20.2. The second-order valence-electron chi connectivity index (χ2n) is 7.96. The molecule has 1 saturated heterocycles. The molecule has 9 heteroatoms. The number of nitrogens with zero attached hydrogens (tertiary/aromatic N) is 3. The Morgan fingerprint density at radius 2 is 1.86 bits per heavy atom. The SMILES string of the molecule is N=C(c1cccc(Cl)c1Cl)c1ncc(N2CCC3(CC2)CCC(F)(F)C3)nc1N. The highest BCUT2D eigenvalue weighted by atomic mass is 35.5. The molecule has 1 aliphatic heterocycles. The quantitative estimate of drug-likeness (QED) is 0.644. The number of alkyl halides is 2. The first-order valence-electron chi connectivity index (χ1n) is 9.48. The number of rotatable bonds is 3. The molecule has 2 aliphatic rings. The summed E-state index contributed by atoms with van der Waals surface area (Å²) in [6.07, 6.45) is 3.54. The van der Waals surface area contributed by atoms with Crippen molar-refractivity contribution in [3.8, 4) is 0 Å². The van der Waals surface area contributed by atoms with E-state index in [0.29, 0.717) is 48.8 Å². The number of halogens is 4. The van der Waals surface area contributed by atoms with E-state index in [4.69, 9.17) is 34.3 Å². The molecule has 2 fully saturated rings. The van der Waals surface area contributed by atoms with E-state index in [0.717, 1.165) is 0 Å². The highest BCUT2D eigenvalue weighted by Gasteiger charge is 2.50. The lowest BCUT2D eigenvalue weighted by Crippen LogP contribution is -2.40. The van der Waals surface area contributed by atoms with E-state index in [1.54, 1.807) is 24.4 Å². The minimum Gasteiger partial charge on any atom is -0.382 e. The average Bonchev–Trinajstić information content (AvgIpc) is 2.98. The topological polar surface area (TPSA) is 78.9 Å². The fourth-order valence-corrected chi connectivity index (χ4v) is 4.77. The lowest BCUT2D eigenvalue weighted by Gasteiger charge is -2.39. The summed E-state index contributed by atoms with van der Waals surface area (Å²) in [6, 6.07) is 5.02. The molecule has 4 rings (SSSR count). The Kier molecular flexibility index (Phi) is 5.15. The molecule has 1 saturated carbocycles. The Labute approximate surface area is 177 Å². The molecule has 2 aromatic rings. The summed E-state index contributed by atoms with van der Waals surface area (Å²) in [5.74, 6) is -1.82. The number of hydrogen-bond acceptors (Lipinski definition) is 5. The van der Waals surface area contributed by atoms with E-state index in [1.165, 1.54) is 0 Å². The van der Waals surface area contributed by atoms with Gasteiger partial charge in [0.05, 0.1) is 22.0 Å². The van der Waals surface area contributed by atoms with Gasteiger partial charge in [-0.2, -0.15) is 0 Å². The molecule has 1 aromatic heterocycles. The molecule has 3 N–H and O–H groups in total. The Balaban J connectivity index is 1.50. The van der Waals surface area contributed by atoms with Gasteiger partial charge in [-0.05, 0) is 30.7 Å². The van der Waals surface area contributed by atoms with Gasteiger partial charge in [0.15, 0.2) is 5.82 Å². The largest absolute Gasteiger partial charge is 0.382 e. The minimum atomic E-state index is -2.53. The zero-order chi connectivity index (χ0) is 20.8. The molecular weight excluding hydrogens is 419 g/mol. The first-order valence-corrected chi connectivity index (χ1v) is 10.2. The van der Waals surface area contributed by atoms with Crippen LogP contribution in [0.1, 0.15) is 43.4 Å². The Bertz CT molecular complexity index is 958. The Hall–Kier alpha value is -1.99. The summed E-state index contributed by atoms with van der Waals surface area (Å²) in [6.45, 7) is 1.28. The van der Waals surface area contributed by atoms with Crippen LogP contribution in [-0.4, -0.2) is 34.7 Å². The molecule has 0 bridgehead atoms. The summed E-state index contributed by atoms with van der Waals surface area (Å²) in [7, 11) is 0. The summed E-state index contributed by atoms with van der Waals surface area (Å²) >= 11 is 12.2. The van der Waals surface area contributed by atoms with Gasteiger partial charge in [-0.1, -0.05) is 35.3 Å². The number of anilines is 2. The third-order valence-electron chi connectivity index (χ3n) is 6.05. The van der Waals surface area contributed by atoms with Crippen LogP contribution in [-0.2, 0) is 0 Å². The van der Waals surface area contributed by atoms with Crippen molar-refractivity contribution in [3.05, 3.63) is 45.7 Å². The second-order valence-corrected chi connectivity index (χ2v) is 8.74. The predicted octanol–water partition coefficient (Wildman–Crippen LogP) is 5.19. The molecule has 1 spiro atoms. The first kappa shape index (κ1) is 20.3. The van der Waals surface area contributed by atoms with Crippen molar-refractivity contribution < 1.29 is 8.78 Å². The highest BCUT2D eigenvalue weighted by Crippen LogP contribution is 2.53. The molecule has 29 heavy (non-hydrogen) atoms. The third kappa shape index (κ3) is 3.90. The molecule has 154 valence electrons. The van der Waals surface area contributed by atoms with E-state index in [-0.39, 0.29) is 40.5 Å². The van der Waals surface area contributed by atoms with Crippen molar-refractivity contribution in [1.82, 2.24) is 9.97 Å². The monoisotopic (exact) mass is 439 g/mol. The fraction of sp³-hybridized carbons (Fsp3) is 0.450. The van der Waals surface area contributed by atoms with E-state index in [9.17, 15) is 8.78 Å². The zero-order valence-electron chi connectivity index (χ0n) is 15.7. The second kappa shape index (κ2) is 7.36. The summed E-state index contributed by atoms with van der Waals surface area (Å²) in [5, 5.41) is 9.01. The van der Waals surface area contributed by atoms with Crippen LogP contribution in [0.4, 0.5) is 20.4 Å². The van der Waals surface area contributed by atoms with Crippen molar-refractivity contribution in [2.75, 3.05) is 23.7 Å². The van der Waals surface area contributed by atoms with Crippen molar-refractivity contribution in [3.63, 3.8) is 0 Å². The van der Waals surface area contributed by atoms with E-state index < -0.39 is 5.92 Å². The standard InChI is InChI=1S/C20H21Cl2F2N5/c21-13-3-1-2-12(15(13)22)16(25)17-18(26)28-14(10-27-17)29-8-6-19(7-9-29)4-5-20(23,24)11-19/h1-3,10,25H,4-9,11H2,(H2,26,28). The molecule has 1 aromatic carbocycles. The molecule has 5 nitrogen and oxygen atoms in total. The van der Waals surface area contributed by atoms with Gasteiger partial charge in [-0.25, -0.2) is 18.7 Å². The Morgan fingerprint density at radius 1 is 1.14 bits per heavy atom. The highest BCUT2D eigenvalue weighted by molar-refractivity contribution is 6.44. The maximum atomic E-state index is 13.7. The van der Waals surface area contributed by atoms with E-state index in [2.05, 4.69) is 9.97 Å². The lowest BCUT2D eigenvalue weighted by atomic mass is 9.77. The number of aromatic nitrogens is 2. The van der Waals surface area contributed by atoms with Gasteiger partial charge >= 0.3 is 0 Å². The number of benzene rings is 1. The molecule has 0 amide bonds. The number of nitrogens with one attached hydrogen (secondary N) is 1. The van der Waals surface area contributed by atoms with Crippen LogP contribution in [0.2, 0.25) is 10.0 Å². The van der Waals surface area contributed by atoms with E-state index in [1.807, 2.05) is 4.90 Å². The summed E-state index contributed by atoms with van der Waals surface area (Å²) < 4.78 is 27.3. The minimum absolute atomic E-state index is 0.0113. The summed E-state index contributed by atoms with van der Waals surface area (Å²) in [4.78, 5) is 10.8. The maximum Gasteiger partial charge on any atom is 0.248 e. The first-order chi connectivity index (χ1) is 13.7. The van der Waals surface area contributed by atoms with Crippen LogP contribution >= 0.6 is 23.2 Å². The Morgan fingerprint density at radius 3 is 2.48 bits per heavy atom.